The maximum atomic E-state index is 13.9. The third-order valence-electron chi connectivity index (χ3n) is 3.43. The van der Waals surface area contributed by atoms with Gasteiger partial charge in [0.15, 0.2) is 5.82 Å². The van der Waals surface area contributed by atoms with Crippen LogP contribution in [0.3, 0.4) is 0 Å². The van der Waals surface area contributed by atoms with Gasteiger partial charge in [0.05, 0.1) is 32.5 Å². The van der Waals surface area contributed by atoms with E-state index in [1.165, 1.54) is 16.7 Å². The minimum atomic E-state index is -0.614. The van der Waals surface area contributed by atoms with Gasteiger partial charge in [-0.2, -0.15) is 0 Å². The lowest BCUT2D eigenvalue weighted by Crippen LogP contribution is -2.35. The summed E-state index contributed by atoms with van der Waals surface area (Å²) in [6.07, 6.45) is -0.203. The second-order valence-electron chi connectivity index (χ2n) is 4.92. The number of nitrogens with zero attached hydrogens (tertiary/aromatic N) is 2. The molecule has 0 bridgehead atoms. The van der Waals surface area contributed by atoms with Gasteiger partial charge in [-0.15, -0.1) is 0 Å². The van der Waals surface area contributed by atoms with Gasteiger partial charge in [0.2, 0.25) is 0 Å². The number of rotatable bonds is 4. The summed E-state index contributed by atoms with van der Waals surface area (Å²) in [5.74, 6) is -0.769. The Morgan fingerprint density at radius 3 is 3.00 bits per heavy atom. The topological polar surface area (TPSA) is 66.5 Å². The van der Waals surface area contributed by atoms with Gasteiger partial charge in [0, 0.05) is 17.0 Å². The van der Waals surface area contributed by atoms with Crippen LogP contribution >= 0.6 is 11.6 Å². The van der Waals surface area contributed by atoms with Crippen molar-refractivity contribution in [3.63, 3.8) is 0 Å². The Bertz CT molecular complexity index is 689. The van der Waals surface area contributed by atoms with E-state index in [-0.39, 0.29) is 29.7 Å². The first-order valence-corrected chi connectivity index (χ1v) is 7.20. The highest BCUT2D eigenvalue weighted by Crippen LogP contribution is 2.21. The molecule has 1 fully saturated rings. The quantitative estimate of drug-likeness (QED) is 0.853. The number of benzene rings is 1. The molecule has 22 heavy (non-hydrogen) atoms. The summed E-state index contributed by atoms with van der Waals surface area (Å²) in [7, 11) is 0. The molecule has 0 spiro atoms. The van der Waals surface area contributed by atoms with E-state index in [0.29, 0.717) is 25.6 Å². The zero-order valence-electron chi connectivity index (χ0n) is 11.6. The van der Waals surface area contributed by atoms with E-state index in [1.807, 2.05) is 0 Å². The van der Waals surface area contributed by atoms with Crippen molar-refractivity contribution in [2.24, 2.45) is 0 Å². The van der Waals surface area contributed by atoms with Crippen LogP contribution in [0.15, 0.2) is 27.5 Å². The summed E-state index contributed by atoms with van der Waals surface area (Å²) in [6.45, 7) is 1.63. The molecule has 1 aliphatic heterocycles. The maximum Gasteiger partial charge on any atom is 0.441 e. The van der Waals surface area contributed by atoms with Gasteiger partial charge in [-0.1, -0.05) is 22.8 Å². The van der Waals surface area contributed by atoms with Crippen molar-refractivity contribution in [2.45, 2.75) is 19.1 Å². The van der Waals surface area contributed by atoms with Gasteiger partial charge in [0.1, 0.15) is 5.82 Å². The summed E-state index contributed by atoms with van der Waals surface area (Å²) in [4.78, 5) is 11.8. The molecule has 0 aliphatic carbocycles. The molecule has 1 saturated heterocycles. The highest BCUT2D eigenvalue weighted by molar-refractivity contribution is 6.31. The van der Waals surface area contributed by atoms with Crippen molar-refractivity contribution in [2.75, 3.05) is 19.8 Å². The summed E-state index contributed by atoms with van der Waals surface area (Å²) in [6, 6.07) is 4.41. The summed E-state index contributed by atoms with van der Waals surface area (Å²) in [5, 5.41) is 3.99. The van der Waals surface area contributed by atoms with E-state index in [9.17, 15) is 9.18 Å². The van der Waals surface area contributed by atoms with Crippen molar-refractivity contribution in [1.82, 2.24) is 9.72 Å². The Morgan fingerprint density at radius 2 is 2.27 bits per heavy atom. The average molecular weight is 329 g/mol. The Kier molecular flexibility index (Phi) is 4.56. The molecule has 2 aromatic rings. The van der Waals surface area contributed by atoms with E-state index in [2.05, 4.69) is 9.68 Å². The fraction of sp³-hybridized carbons (Fsp3) is 0.429. The van der Waals surface area contributed by atoms with Gasteiger partial charge in [-0.25, -0.2) is 9.18 Å². The third-order valence-corrected chi connectivity index (χ3v) is 3.78. The number of hydrogen-bond donors (Lipinski definition) is 0. The Morgan fingerprint density at radius 1 is 1.41 bits per heavy atom. The molecule has 8 heteroatoms. The molecule has 0 N–H and O–H groups in total. The smallest absolute Gasteiger partial charge is 0.376 e. The first-order valence-electron chi connectivity index (χ1n) is 6.83. The maximum absolute atomic E-state index is 13.9. The predicted molar refractivity (Wildman–Crippen MR) is 75.5 cm³/mol. The van der Waals surface area contributed by atoms with Crippen molar-refractivity contribution in [3.05, 3.63) is 51.0 Å². The molecule has 0 saturated carbocycles. The van der Waals surface area contributed by atoms with Gasteiger partial charge >= 0.3 is 5.76 Å². The van der Waals surface area contributed by atoms with Crippen molar-refractivity contribution < 1.29 is 18.4 Å². The highest BCUT2D eigenvalue weighted by Gasteiger charge is 2.21. The molecule has 3 rings (SSSR count). The molecule has 1 aromatic carbocycles. The Labute approximate surface area is 130 Å². The molecule has 118 valence electrons. The normalized spacial score (nSPS) is 18.5. The average Bonchev–Trinajstić information content (AvgIpc) is 2.85. The van der Waals surface area contributed by atoms with Crippen LogP contribution in [0.5, 0.6) is 0 Å². The largest absolute Gasteiger partial charge is 0.441 e. The molecule has 2 heterocycles. The molecular formula is C14H14ClFN2O4. The van der Waals surface area contributed by atoms with Gasteiger partial charge in [-0.3, -0.25) is 9.09 Å². The van der Waals surface area contributed by atoms with Crippen LogP contribution < -0.4 is 5.76 Å². The van der Waals surface area contributed by atoms with Crippen LogP contribution in [0.4, 0.5) is 4.39 Å². The molecule has 6 nitrogen and oxygen atoms in total. The molecule has 1 unspecified atom stereocenters. The number of aromatic nitrogens is 2. The van der Waals surface area contributed by atoms with Crippen molar-refractivity contribution in [3.8, 4) is 0 Å². The second-order valence-corrected chi connectivity index (χ2v) is 5.33. The number of ether oxygens (including phenoxy) is 2. The van der Waals surface area contributed by atoms with Gasteiger partial charge in [0.25, 0.3) is 0 Å². The lowest BCUT2D eigenvalue weighted by Gasteiger charge is -2.23. The molecule has 0 radical (unpaired) electrons. The molecule has 1 aromatic heterocycles. The molecular weight excluding hydrogens is 315 g/mol. The van der Waals surface area contributed by atoms with Gasteiger partial charge < -0.3 is 9.47 Å². The van der Waals surface area contributed by atoms with Crippen LogP contribution in [0, 0.1) is 5.82 Å². The molecule has 1 atom stereocenters. The standard InChI is InChI=1S/C14H14ClFN2O4/c15-11-2-1-3-12(16)10(11)6-13-17-22-14(19)18(13)7-9-8-20-4-5-21-9/h1-3,9H,4-8H2. The highest BCUT2D eigenvalue weighted by atomic mass is 35.5. The van der Waals surface area contributed by atoms with E-state index < -0.39 is 11.6 Å². The summed E-state index contributed by atoms with van der Waals surface area (Å²) >= 11 is 6.00. The number of halogens is 2. The zero-order valence-corrected chi connectivity index (χ0v) is 12.4. The van der Waals surface area contributed by atoms with Crippen LogP contribution in [0.25, 0.3) is 0 Å². The Hall–Kier alpha value is -1.70. The van der Waals surface area contributed by atoms with Gasteiger partial charge in [-0.05, 0) is 12.1 Å². The zero-order chi connectivity index (χ0) is 15.5. The first-order chi connectivity index (χ1) is 10.6. The summed E-state index contributed by atoms with van der Waals surface area (Å²) in [5.41, 5.74) is 0.270. The SMILES string of the molecule is O=c1onc(Cc2c(F)cccc2Cl)n1CC1COCCO1. The lowest BCUT2D eigenvalue weighted by atomic mass is 10.1. The van der Waals surface area contributed by atoms with Crippen LogP contribution in [-0.2, 0) is 22.4 Å². The fourth-order valence-electron chi connectivity index (χ4n) is 2.31. The van der Waals surface area contributed by atoms with Crippen molar-refractivity contribution in [1.29, 1.82) is 0 Å². The van der Waals surface area contributed by atoms with Crippen molar-refractivity contribution >= 4 is 11.6 Å². The molecule has 0 amide bonds. The van der Waals surface area contributed by atoms with Crippen LogP contribution in [-0.4, -0.2) is 35.6 Å². The monoisotopic (exact) mass is 328 g/mol. The van der Waals surface area contributed by atoms with E-state index in [1.54, 1.807) is 6.07 Å². The second kappa shape index (κ2) is 6.60. The van der Waals surface area contributed by atoms with E-state index in [0.717, 1.165) is 0 Å². The van der Waals surface area contributed by atoms with Crippen LogP contribution in [0.2, 0.25) is 5.02 Å². The lowest BCUT2D eigenvalue weighted by molar-refractivity contribution is -0.0942. The van der Waals surface area contributed by atoms with E-state index >= 15 is 0 Å². The fourth-order valence-corrected chi connectivity index (χ4v) is 2.54. The van der Waals surface area contributed by atoms with E-state index in [4.69, 9.17) is 21.1 Å². The first kappa shape index (κ1) is 15.2. The molecule has 1 aliphatic rings. The number of hydrogen-bond acceptors (Lipinski definition) is 5. The van der Waals surface area contributed by atoms with Crippen LogP contribution in [0.1, 0.15) is 11.4 Å². The Balaban J connectivity index is 1.84. The summed E-state index contributed by atoms with van der Waals surface area (Å²) < 4.78 is 30.7. The predicted octanol–water partition coefficient (Wildman–Crippen LogP) is 1.63. The minimum absolute atomic E-state index is 0.0603. The minimum Gasteiger partial charge on any atom is -0.376 e. The third kappa shape index (κ3) is 3.21.